The fourth-order valence-electron chi connectivity index (χ4n) is 4.00. The van der Waals surface area contributed by atoms with Crippen LogP contribution in [-0.2, 0) is 4.79 Å². The SMILES string of the molecule is Cc1ccccc1OCC(O)CN1CCN(CC(=O)N2CCCCCC2)CC1. The number of aliphatic hydroxyl groups is 1. The average Bonchev–Trinajstić information content (AvgIpc) is 2.98. The van der Waals surface area contributed by atoms with E-state index < -0.39 is 6.10 Å². The molecule has 0 saturated carbocycles. The summed E-state index contributed by atoms with van der Waals surface area (Å²) in [5, 5.41) is 10.3. The van der Waals surface area contributed by atoms with Crippen LogP contribution in [0.15, 0.2) is 24.3 Å². The Kier molecular flexibility index (Phi) is 8.13. The first-order chi connectivity index (χ1) is 13.6. The van der Waals surface area contributed by atoms with Crippen LogP contribution in [0.4, 0.5) is 0 Å². The van der Waals surface area contributed by atoms with E-state index in [0.717, 1.165) is 63.4 Å². The molecule has 2 saturated heterocycles. The number of aryl methyl sites for hydroxylation is 1. The molecule has 1 aromatic carbocycles. The number of carbonyl (C=O) groups excluding carboxylic acids is 1. The zero-order valence-electron chi connectivity index (χ0n) is 17.2. The molecule has 1 amide bonds. The van der Waals surface area contributed by atoms with Crippen molar-refractivity contribution in [3.63, 3.8) is 0 Å². The summed E-state index contributed by atoms with van der Waals surface area (Å²) in [6.07, 6.45) is 4.27. The lowest BCUT2D eigenvalue weighted by molar-refractivity contribution is -0.132. The Morgan fingerprint density at radius 2 is 1.64 bits per heavy atom. The van der Waals surface area contributed by atoms with Crippen LogP contribution in [0.3, 0.4) is 0 Å². The first kappa shape index (κ1) is 21.1. The molecule has 1 atom stereocenters. The number of ether oxygens (including phenoxy) is 1. The van der Waals surface area contributed by atoms with E-state index in [9.17, 15) is 9.90 Å². The summed E-state index contributed by atoms with van der Waals surface area (Å²) in [7, 11) is 0. The standard InChI is InChI=1S/C22H35N3O3/c1-19-8-4-5-9-21(19)28-18-20(26)16-23-12-14-24(15-13-23)17-22(27)25-10-6-2-3-7-11-25/h4-5,8-9,20,26H,2-3,6-7,10-18H2,1H3. The topological polar surface area (TPSA) is 56.3 Å². The summed E-state index contributed by atoms with van der Waals surface area (Å²) in [6.45, 7) is 8.83. The van der Waals surface area contributed by atoms with E-state index in [4.69, 9.17) is 4.74 Å². The number of para-hydroxylation sites is 1. The van der Waals surface area contributed by atoms with Gasteiger partial charge >= 0.3 is 0 Å². The molecular formula is C22H35N3O3. The fourth-order valence-corrected chi connectivity index (χ4v) is 4.00. The van der Waals surface area contributed by atoms with Crippen molar-refractivity contribution in [2.24, 2.45) is 0 Å². The van der Waals surface area contributed by atoms with E-state index in [-0.39, 0.29) is 5.91 Å². The molecule has 0 radical (unpaired) electrons. The molecule has 2 heterocycles. The van der Waals surface area contributed by atoms with Gasteiger partial charge in [-0.3, -0.25) is 14.6 Å². The van der Waals surface area contributed by atoms with Crippen molar-refractivity contribution in [2.45, 2.75) is 38.7 Å². The molecule has 3 rings (SSSR count). The highest BCUT2D eigenvalue weighted by atomic mass is 16.5. The zero-order valence-corrected chi connectivity index (χ0v) is 17.2. The van der Waals surface area contributed by atoms with Crippen molar-refractivity contribution in [2.75, 3.05) is 59.0 Å². The monoisotopic (exact) mass is 389 g/mol. The molecule has 156 valence electrons. The second-order valence-corrected chi connectivity index (χ2v) is 8.10. The minimum atomic E-state index is -0.509. The molecule has 6 heteroatoms. The quantitative estimate of drug-likeness (QED) is 0.770. The van der Waals surface area contributed by atoms with E-state index in [0.29, 0.717) is 19.7 Å². The Labute approximate surface area is 169 Å². The highest BCUT2D eigenvalue weighted by molar-refractivity contribution is 5.78. The number of hydrogen-bond acceptors (Lipinski definition) is 5. The summed E-state index contributed by atoms with van der Waals surface area (Å²) in [6, 6.07) is 7.87. The van der Waals surface area contributed by atoms with Gasteiger partial charge in [-0.15, -0.1) is 0 Å². The zero-order chi connectivity index (χ0) is 19.8. The molecule has 1 aromatic rings. The van der Waals surface area contributed by atoms with Crippen molar-refractivity contribution < 1.29 is 14.6 Å². The van der Waals surface area contributed by atoms with Gasteiger partial charge in [-0.1, -0.05) is 31.0 Å². The molecule has 1 unspecified atom stereocenters. The summed E-state index contributed by atoms with van der Waals surface area (Å²) in [5.41, 5.74) is 1.08. The largest absolute Gasteiger partial charge is 0.491 e. The lowest BCUT2D eigenvalue weighted by Gasteiger charge is -2.36. The molecule has 0 spiro atoms. The van der Waals surface area contributed by atoms with Gasteiger partial charge in [0.05, 0.1) is 6.54 Å². The van der Waals surface area contributed by atoms with Gasteiger partial charge in [-0.05, 0) is 31.4 Å². The van der Waals surface area contributed by atoms with Crippen molar-refractivity contribution in [3.8, 4) is 5.75 Å². The molecule has 28 heavy (non-hydrogen) atoms. The number of likely N-dealkylation sites (tertiary alicyclic amines) is 1. The van der Waals surface area contributed by atoms with Crippen molar-refractivity contribution >= 4 is 5.91 Å². The van der Waals surface area contributed by atoms with Gasteiger partial charge in [0.2, 0.25) is 5.91 Å². The van der Waals surface area contributed by atoms with Gasteiger partial charge in [0.15, 0.2) is 0 Å². The Hall–Kier alpha value is -1.63. The van der Waals surface area contributed by atoms with Crippen molar-refractivity contribution in [1.29, 1.82) is 0 Å². The number of benzene rings is 1. The van der Waals surface area contributed by atoms with Gasteiger partial charge in [-0.2, -0.15) is 0 Å². The van der Waals surface area contributed by atoms with Crippen molar-refractivity contribution in [3.05, 3.63) is 29.8 Å². The van der Waals surface area contributed by atoms with Crippen LogP contribution in [0.2, 0.25) is 0 Å². The summed E-state index contributed by atoms with van der Waals surface area (Å²) in [5.74, 6) is 1.11. The van der Waals surface area contributed by atoms with Crippen LogP contribution in [0, 0.1) is 6.92 Å². The third-order valence-electron chi connectivity index (χ3n) is 5.78. The molecule has 0 aliphatic carbocycles. The summed E-state index contributed by atoms with van der Waals surface area (Å²) < 4.78 is 5.75. The number of β-amino-alcohol motifs (C(OH)–C–C–N with tert-alkyl or cyclic N) is 1. The van der Waals surface area contributed by atoms with Crippen LogP contribution in [0.1, 0.15) is 31.2 Å². The number of rotatable bonds is 7. The molecular weight excluding hydrogens is 354 g/mol. The van der Waals surface area contributed by atoms with E-state index in [1.807, 2.05) is 36.1 Å². The molecule has 0 bridgehead atoms. The maximum Gasteiger partial charge on any atom is 0.236 e. The number of carbonyl (C=O) groups is 1. The Bertz CT molecular complexity index is 609. The van der Waals surface area contributed by atoms with Gasteiger partial charge in [-0.25, -0.2) is 0 Å². The Morgan fingerprint density at radius 1 is 1.00 bits per heavy atom. The third kappa shape index (κ3) is 6.47. The van der Waals surface area contributed by atoms with Crippen LogP contribution in [-0.4, -0.2) is 90.8 Å². The average molecular weight is 390 g/mol. The van der Waals surface area contributed by atoms with Crippen LogP contribution < -0.4 is 4.74 Å². The van der Waals surface area contributed by atoms with Gasteiger partial charge in [0.25, 0.3) is 0 Å². The van der Waals surface area contributed by atoms with E-state index in [1.54, 1.807) is 0 Å². The maximum absolute atomic E-state index is 12.5. The second kappa shape index (κ2) is 10.8. The Balaban J connectivity index is 1.34. The van der Waals surface area contributed by atoms with E-state index >= 15 is 0 Å². The van der Waals surface area contributed by atoms with Gasteiger partial charge in [0.1, 0.15) is 18.5 Å². The Morgan fingerprint density at radius 3 is 2.32 bits per heavy atom. The molecule has 2 fully saturated rings. The lowest BCUT2D eigenvalue weighted by atomic mass is 10.2. The molecule has 1 N–H and O–H groups in total. The molecule has 2 aliphatic rings. The highest BCUT2D eigenvalue weighted by Crippen LogP contribution is 2.16. The van der Waals surface area contributed by atoms with E-state index in [1.165, 1.54) is 12.8 Å². The third-order valence-corrected chi connectivity index (χ3v) is 5.78. The molecule has 2 aliphatic heterocycles. The predicted molar refractivity (Wildman–Crippen MR) is 111 cm³/mol. The number of nitrogens with zero attached hydrogens (tertiary/aromatic N) is 3. The maximum atomic E-state index is 12.5. The molecule has 0 aromatic heterocycles. The summed E-state index contributed by atoms with van der Waals surface area (Å²) >= 11 is 0. The van der Waals surface area contributed by atoms with Crippen LogP contribution in [0.5, 0.6) is 5.75 Å². The first-order valence-electron chi connectivity index (χ1n) is 10.7. The minimum absolute atomic E-state index is 0.280. The van der Waals surface area contributed by atoms with Crippen molar-refractivity contribution in [1.82, 2.24) is 14.7 Å². The van der Waals surface area contributed by atoms with Gasteiger partial charge < -0.3 is 14.7 Å². The number of piperazine rings is 1. The predicted octanol–water partition coefficient (Wildman–Crippen LogP) is 1.75. The molecule has 6 nitrogen and oxygen atoms in total. The normalized spacial score (nSPS) is 20.6. The fraction of sp³-hybridized carbons (Fsp3) is 0.682. The minimum Gasteiger partial charge on any atom is -0.491 e. The van der Waals surface area contributed by atoms with Crippen LogP contribution >= 0.6 is 0 Å². The van der Waals surface area contributed by atoms with E-state index in [2.05, 4.69) is 9.80 Å². The lowest BCUT2D eigenvalue weighted by Crippen LogP contribution is -2.51. The first-order valence-corrected chi connectivity index (χ1v) is 10.7. The number of amides is 1. The van der Waals surface area contributed by atoms with Gasteiger partial charge in [0, 0.05) is 45.8 Å². The number of aliphatic hydroxyl groups excluding tert-OH is 1. The second-order valence-electron chi connectivity index (χ2n) is 8.10. The van der Waals surface area contributed by atoms with Crippen LogP contribution in [0.25, 0.3) is 0 Å². The summed E-state index contributed by atoms with van der Waals surface area (Å²) in [4.78, 5) is 19.1. The smallest absolute Gasteiger partial charge is 0.236 e. The highest BCUT2D eigenvalue weighted by Gasteiger charge is 2.23. The number of hydrogen-bond donors (Lipinski definition) is 1.